The molecule has 1 N–H and O–H groups in total. The molecule has 110 valence electrons. The molecule has 0 aliphatic carbocycles. The molecule has 21 heavy (non-hydrogen) atoms. The van der Waals surface area contributed by atoms with Gasteiger partial charge in [0.15, 0.2) is 5.57 Å². The van der Waals surface area contributed by atoms with Crippen LogP contribution in [0.5, 0.6) is 0 Å². The summed E-state index contributed by atoms with van der Waals surface area (Å²) in [7, 11) is 0. The van der Waals surface area contributed by atoms with Crippen molar-refractivity contribution in [2.45, 2.75) is 13.8 Å². The highest BCUT2D eigenvalue weighted by molar-refractivity contribution is 6.20. The highest BCUT2D eigenvalue weighted by atomic mass is 16.6. The summed E-state index contributed by atoms with van der Waals surface area (Å²) in [5.41, 5.74) is 1.97. The Morgan fingerprint density at radius 2 is 1.67 bits per heavy atom. The highest BCUT2D eigenvalue weighted by Gasteiger charge is 2.28. The van der Waals surface area contributed by atoms with Crippen molar-refractivity contribution in [1.29, 1.82) is 0 Å². The Balaban J connectivity index is 2.55. The van der Waals surface area contributed by atoms with E-state index in [2.05, 4.69) is 5.32 Å². The molecule has 1 aliphatic rings. The third-order valence-electron chi connectivity index (χ3n) is 2.93. The quantitative estimate of drug-likeness (QED) is 0.397. The number of benzene rings is 1. The Kier molecular flexibility index (Phi) is 4.77. The van der Waals surface area contributed by atoms with Gasteiger partial charge in [-0.3, -0.25) is 0 Å². The maximum absolute atomic E-state index is 12.1. The lowest BCUT2D eigenvalue weighted by Crippen LogP contribution is -2.24. The molecule has 1 heterocycles. The van der Waals surface area contributed by atoms with Crippen LogP contribution >= 0.6 is 0 Å². The van der Waals surface area contributed by atoms with Crippen LogP contribution in [0.3, 0.4) is 0 Å². The number of esters is 2. The van der Waals surface area contributed by atoms with Gasteiger partial charge in [-0.2, -0.15) is 0 Å². The molecule has 2 rings (SSSR count). The van der Waals surface area contributed by atoms with Crippen LogP contribution in [-0.4, -0.2) is 25.2 Å². The molecular formula is C16H17NO4. The van der Waals surface area contributed by atoms with Gasteiger partial charge in [0.1, 0.15) is 0 Å². The second-order valence-electron chi connectivity index (χ2n) is 4.26. The van der Waals surface area contributed by atoms with E-state index in [4.69, 9.17) is 9.47 Å². The van der Waals surface area contributed by atoms with Crippen molar-refractivity contribution < 1.29 is 19.1 Å². The Morgan fingerprint density at radius 3 is 2.29 bits per heavy atom. The van der Waals surface area contributed by atoms with Crippen LogP contribution in [0.1, 0.15) is 25.0 Å². The number of rotatable bonds is 4. The Hall–Kier alpha value is -2.56. The van der Waals surface area contributed by atoms with E-state index < -0.39 is 11.9 Å². The zero-order valence-electron chi connectivity index (χ0n) is 12.0. The molecular weight excluding hydrogens is 270 g/mol. The fourth-order valence-electron chi connectivity index (χ4n) is 2.06. The van der Waals surface area contributed by atoms with Crippen LogP contribution < -0.4 is 5.32 Å². The van der Waals surface area contributed by atoms with E-state index in [1.165, 1.54) is 0 Å². The first-order valence-electron chi connectivity index (χ1n) is 6.80. The average molecular weight is 287 g/mol. The van der Waals surface area contributed by atoms with E-state index in [1.807, 2.05) is 30.3 Å². The van der Waals surface area contributed by atoms with Crippen molar-refractivity contribution in [2.24, 2.45) is 0 Å². The Bertz CT molecular complexity index is 596. The van der Waals surface area contributed by atoms with Crippen LogP contribution in [-0.2, 0) is 19.1 Å². The van der Waals surface area contributed by atoms with Crippen LogP contribution in [0.15, 0.2) is 36.0 Å². The monoisotopic (exact) mass is 287 g/mol. The summed E-state index contributed by atoms with van der Waals surface area (Å²) in [6.45, 7) is 3.75. The first-order valence-corrected chi connectivity index (χ1v) is 6.80. The van der Waals surface area contributed by atoms with Gasteiger partial charge in [0.2, 0.25) is 0 Å². The van der Waals surface area contributed by atoms with Crippen molar-refractivity contribution >= 4 is 23.7 Å². The van der Waals surface area contributed by atoms with E-state index in [9.17, 15) is 9.59 Å². The van der Waals surface area contributed by atoms with Gasteiger partial charge in [0.05, 0.1) is 18.9 Å². The molecule has 0 amide bonds. The van der Waals surface area contributed by atoms with E-state index in [0.29, 0.717) is 5.70 Å². The van der Waals surface area contributed by atoms with Gasteiger partial charge in [0.25, 0.3) is 0 Å². The SMILES string of the molecule is CCOC(=O)C(C(=O)OCC)=C1NC=Cc2ccccc21. The lowest BCUT2D eigenvalue weighted by Gasteiger charge is -2.18. The number of hydrogen-bond acceptors (Lipinski definition) is 5. The normalized spacial score (nSPS) is 12.2. The number of fused-ring (bicyclic) bond motifs is 1. The summed E-state index contributed by atoms with van der Waals surface area (Å²) in [6, 6.07) is 7.47. The van der Waals surface area contributed by atoms with Crippen LogP contribution in [0, 0.1) is 0 Å². The first kappa shape index (κ1) is 14.8. The van der Waals surface area contributed by atoms with E-state index in [0.717, 1.165) is 11.1 Å². The predicted molar refractivity (Wildman–Crippen MR) is 78.8 cm³/mol. The zero-order chi connectivity index (χ0) is 15.2. The number of ether oxygens (including phenoxy) is 2. The van der Waals surface area contributed by atoms with E-state index in [1.54, 1.807) is 20.0 Å². The molecule has 0 unspecified atom stereocenters. The molecule has 5 nitrogen and oxygen atoms in total. The molecule has 0 saturated carbocycles. The molecule has 0 saturated heterocycles. The molecule has 5 heteroatoms. The minimum Gasteiger partial charge on any atom is -0.462 e. The number of carbonyl (C=O) groups excluding carboxylic acids is 2. The molecule has 1 aromatic rings. The van der Waals surface area contributed by atoms with Gasteiger partial charge in [-0.05, 0) is 25.5 Å². The smallest absolute Gasteiger partial charge is 0.347 e. The van der Waals surface area contributed by atoms with Crippen molar-refractivity contribution in [3.8, 4) is 0 Å². The first-order chi connectivity index (χ1) is 10.2. The standard InChI is InChI=1S/C16H17NO4/c1-3-20-15(18)13(16(19)21-4-2)14-12-8-6-5-7-11(12)9-10-17-14/h5-10,17H,3-4H2,1-2H3. The van der Waals surface area contributed by atoms with Gasteiger partial charge in [-0.15, -0.1) is 0 Å². The summed E-state index contributed by atoms with van der Waals surface area (Å²) in [5.74, 6) is -1.38. The van der Waals surface area contributed by atoms with Crippen molar-refractivity contribution in [3.05, 3.63) is 47.2 Å². The van der Waals surface area contributed by atoms with Crippen molar-refractivity contribution in [3.63, 3.8) is 0 Å². The zero-order valence-corrected chi connectivity index (χ0v) is 12.0. The summed E-state index contributed by atoms with van der Waals surface area (Å²) >= 11 is 0. The third kappa shape index (κ3) is 3.13. The number of carbonyl (C=O) groups is 2. The summed E-state index contributed by atoms with van der Waals surface area (Å²) in [6.07, 6.45) is 3.54. The minimum absolute atomic E-state index is 0.115. The topological polar surface area (TPSA) is 64.6 Å². The van der Waals surface area contributed by atoms with Gasteiger partial charge in [-0.25, -0.2) is 9.59 Å². The lowest BCUT2D eigenvalue weighted by molar-refractivity contribution is -0.146. The van der Waals surface area contributed by atoms with Crippen LogP contribution in [0.2, 0.25) is 0 Å². The molecule has 0 bridgehead atoms. The fourth-order valence-corrected chi connectivity index (χ4v) is 2.06. The molecule has 0 radical (unpaired) electrons. The number of nitrogens with one attached hydrogen (secondary N) is 1. The summed E-state index contributed by atoms with van der Waals surface area (Å²) in [5, 5.41) is 2.95. The molecule has 0 spiro atoms. The predicted octanol–water partition coefficient (Wildman–Crippen LogP) is 2.10. The Morgan fingerprint density at radius 1 is 1.05 bits per heavy atom. The fraction of sp³-hybridized carbons (Fsp3) is 0.250. The van der Waals surface area contributed by atoms with E-state index in [-0.39, 0.29) is 18.8 Å². The van der Waals surface area contributed by atoms with Crippen LogP contribution in [0.4, 0.5) is 0 Å². The second kappa shape index (κ2) is 6.74. The van der Waals surface area contributed by atoms with Gasteiger partial charge in [-0.1, -0.05) is 24.3 Å². The third-order valence-corrected chi connectivity index (χ3v) is 2.93. The number of hydrogen-bond donors (Lipinski definition) is 1. The molecule has 1 aromatic carbocycles. The molecule has 0 atom stereocenters. The lowest BCUT2D eigenvalue weighted by atomic mass is 9.98. The molecule has 0 fully saturated rings. The molecule has 0 aromatic heterocycles. The average Bonchev–Trinajstić information content (AvgIpc) is 2.48. The highest BCUT2D eigenvalue weighted by Crippen LogP contribution is 2.26. The maximum atomic E-state index is 12.1. The Labute approximate surface area is 123 Å². The van der Waals surface area contributed by atoms with Crippen molar-refractivity contribution in [2.75, 3.05) is 13.2 Å². The second-order valence-corrected chi connectivity index (χ2v) is 4.26. The largest absolute Gasteiger partial charge is 0.462 e. The van der Waals surface area contributed by atoms with E-state index >= 15 is 0 Å². The maximum Gasteiger partial charge on any atom is 0.347 e. The van der Waals surface area contributed by atoms with Crippen molar-refractivity contribution in [1.82, 2.24) is 5.32 Å². The molecule has 1 aliphatic heterocycles. The minimum atomic E-state index is -0.691. The van der Waals surface area contributed by atoms with Crippen LogP contribution in [0.25, 0.3) is 11.8 Å². The summed E-state index contributed by atoms with van der Waals surface area (Å²) < 4.78 is 9.96. The van der Waals surface area contributed by atoms with Gasteiger partial charge in [0, 0.05) is 11.8 Å². The van der Waals surface area contributed by atoms with Gasteiger partial charge < -0.3 is 14.8 Å². The van der Waals surface area contributed by atoms with Gasteiger partial charge >= 0.3 is 11.9 Å². The summed E-state index contributed by atoms with van der Waals surface area (Å²) in [4.78, 5) is 24.2.